The van der Waals surface area contributed by atoms with Gasteiger partial charge < -0.3 is 24.6 Å². The van der Waals surface area contributed by atoms with Gasteiger partial charge in [0.15, 0.2) is 0 Å². The summed E-state index contributed by atoms with van der Waals surface area (Å²) in [4.78, 5) is 26.6. The maximum absolute atomic E-state index is 13.2. The van der Waals surface area contributed by atoms with Crippen molar-refractivity contribution in [3.63, 3.8) is 0 Å². The van der Waals surface area contributed by atoms with Gasteiger partial charge in [0, 0.05) is 49.7 Å². The summed E-state index contributed by atoms with van der Waals surface area (Å²) < 4.78 is 50.8. The fourth-order valence-corrected chi connectivity index (χ4v) is 4.91. The van der Waals surface area contributed by atoms with Crippen LogP contribution in [-0.2, 0) is 15.7 Å². The predicted molar refractivity (Wildman–Crippen MR) is 136 cm³/mol. The topological polar surface area (TPSA) is 97.2 Å². The summed E-state index contributed by atoms with van der Waals surface area (Å²) in [5, 5.41) is 14.0. The Morgan fingerprint density at radius 3 is 2.29 bits per heavy atom. The van der Waals surface area contributed by atoms with Gasteiger partial charge in [0.2, 0.25) is 5.91 Å². The lowest BCUT2D eigenvalue weighted by Gasteiger charge is -2.36. The number of methoxy groups -OCH3 is 1. The average Bonchev–Trinajstić information content (AvgIpc) is 2.92. The standard InChI is InChI=1S/C26H31F3N4O5/c1-37-21-9-5-20(6-10-21)31-12-14-32(15-13-31)25(34)17-38-22-7-2-18(3-8-22)30-19-4-11-24(33(35)36)23(16-19)26(27,28)29/h4-6,9-11,16,18,22,30H,2-3,7-8,12-15,17H2,1H3. The smallest absolute Gasteiger partial charge is 0.423 e. The van der Waals surface area contributed by atoms with Crippen LogP contribution in [0.25, 0.3) is 0 Å². The lowest BCUT2D eigenvalue weighted by atomic mass is 9.92. The van der Waals surface area contributed by atoms with Gasteiger partial charge in [0.1, 0.15) is 17.9 Å². The van der Waals surface area contributed by atoms with E-state index in [-0.39, 0.29) is 30.3 Å². The number of piperazine rings is 1. The van der Waals surface area contributed by atoms with E-state index in [0.717, 1.165) is 36.7 Å². The molecular weight excluding hydrogens is 505 g/mol. The summed E-state index contributed by atoms with van der Waals surface area (Å²) in [5.74, 6) is 0.747. The van der Waals surface area contributed by atoms with Crippen molar-refractivity contribution in [1.82, 2.24) is 4.90 Å². The number of nitro groups is 1. The first-order valence-corrected chi connectivity index (χ1v) is 12.5. The number of benzene rings is 2. The van der Waals surface area contributed by atoms with Crippen LogP contribution in [0, 0.1) is 10.1 Å². The number of hydrogen-bond acceptors (Lipinski definition) is 7. The van der Waals surface area contributed by atoms with Crippen LogP contribution in [0.2, 0.25) is 0 Å². The second-order valence-corrected chi connectivity index (χ2v) is 9.48. The van der Waals surface area contributed by atoms with Gasteiger partial charge >= 0.3 is 6.18 Å². The maximum Gasteiger partial charge on any atom is 0.423 e. The number of nitrogens with one attached hydrogen (secondary N) is 1. The Bertz CT molecular complexity index is 1110. The molecule has 12 heteroatoms. The van der Waals surface area contributed by atoms with Gasteiger partial charge in [-0.25, -0.2) is 0 Å². The highest BCUT2D eigenvalue weighted by Gasteiger charge is 2.38. The quantitative estimate of drug-likeness (QED) is 0.386. The minimum atomic E-state index is -4.82. The lowest BCUT2D eigenvalue weighted by molar-refractivity contribution is -0.388. The zero-order chi connectivity index (χ0) is 27.3. The van der Waals surface area contributed by atoms with Crippen molar-refractivity contribution in [2.24, 2.45) is 0 Å². The van der Waals surface area contributed by atoms with Crippen molar-refractivity contribution in [1.29, 1.82) is 0 Å². The first-order valence-electron chi connectivity index (χ1n) is 12.5. The number of hydrogen-bond donors (Lipinski definition) is 1. The van der Waals surface area contributed by atoms with E-state index in [1.165, 1.54) is 6.07 Å². The Balaban J connectivity index is 1.19. The molecule has 2 aromatic rings. The molecule has 38 heavy (non-hydrogen) atoms. The van der Waals surface area contributed by atoms with Crippen LogP contribution in [0.5, 0.6) is 5.75 Å². The van der Waals surface area contributed by atoms with Crippen LogP contribution in [-0.4, -0.2) is 67.8 Å². The predicted octanol–water partition coefficient (Wildman–Crippen LogP) is 4.71. The van der Waals surface area contributed by atoms with Gasteiger partial charge in [-0.2, -0.15) is 13.2 Å². The van der Waals surface area contributed by atoms with E-state index in [4.69, 9.17) is 9.47 Å². The van der Waals surface area contributed by atoms with Crippen LogP contribution >= 0.6 is 0 Å². The largest absolute Gasteiger partial charge is 0.497 e. The fraction of sp³-hybridized carbons (Fsp3) is 0.500. The highest BCUT2D eigenvalue weighted by atomic mass is 19.4. The van der Waals surface area contributed by atoms with Crippen LogP contribution < -0.4 is 15.0 Å². The second-order valence-electron chi connectivity index (χ2n) is 9.48. The molecule has 2 aliphatic rings. The molecular formula is C26H31F3N4O5. The Labute approximate surface area is 218 Å². The van der Waals surface area contributed by atoms with Crippen LogP contribution in [0.3, 0.4) is 0 Å². The first-order chi connectivity index (χ1) is 18.1. The van der Waals surface area contributed by atoms with Gasteiger partial charge in [-0.1, -0.05) is 0 Å². The van der Waals surface area contributed by atoms with E-state index in [9.17, 15) is 28.1 Å². The van der Waals surface area contributed by atoms with Crippen molar-refractivity contribution >= 4 is 23.0 Å². The van der Waals surface area contributed by atoms with E-state index in [2.05, 4.69) is 10.2 Å². The van der Waals surface area contributed by atoms with Crippen LogP contribution in [0.1, 0.15) is 31.2 Å². The van der Waals surface area contributed by atoms with Crippen molar-refractivity contribution in [2.75, 3.05) is 50.1 Å². The molecule has 1 amide bonds. The summed E-state index contributed by atoms with van der Waals surface area (Å²) in [6.45, 7) is 2.68. The molecule has 9 nitrogen and oxygen atoms in total. The molecule has 206 valence electrons. The number of ether oxygens (including phenoxy) is 2. The third-order valence-corrected chi connectivity index (χ3v) is 7.06. The van der Waals surface area contributed by atoms with Gasteiger partial charge in [0.25, 0.3) is 5.69 Å². The molecule has 1 N–H and O–H groups in total. The fourth-order valence-electron chi connectivity index (χ4n) is 4.91. The lowest BCUT2D eigenvalue weighted by Crippen LogP contribution is -2.50. The molecule has 0 aromatic heterocycles. The van der Waals surface area contributed by atoms with Crippen molar-refractivity contribution < 1.29 is 32.4 Å². The molecule has 1 aliphatic carbocycles. The summed E-state index contributed by atoms with van der Waals surface area (Å²) in [7, 11) is 1.63. The molecule has 2 fully saturated rings. The Morgan fingerprint density at radius 2 is 1.71 bits per heavy atom. The van der Waals surface area contributed by atoms with E-state index >= 15 is 0 Å². The number of halogens is 3. The molecule has 0 spiro atoms. The first kappa shape index (κ1) is 27.5. The highest BCUT2D eigenvalue weighted by Crippen LogP contribution is 2.38. The zero-order valence-electron chi connectivity index (χ0n) is 21.1. The number of anilines is 2. The molecule has 4 rings (SSSR count). The van der Waals surface area contributed by atoms with Crippen molar-refractivity contribution in [3.8, 4) is 5.75 Å². The van der Waals surface area contributed by atoms with Gasteiger partial charge in [0.05, 0.1) is 18.1 Å². The second kappa shape index (κ2) is 11.9. The number of nitro benzene ring substituents is 1. The number of amides is 1. The Kier molecular flexibility index (Phi) is 8.60. The minimum Gasteiger partial charge on any atom is -0.497 e. The molecule has 2 aromatic carbocycles. The maximum atomic E-state index is 13.2. The summed E-state index contributed by atoms with van der Waals surface area (Å²) >= 11 is 0. The average molecular weight is 537 g/mol. The SMILES string of the molecule is COc1ccc(N2CCN(C(=O)COC3CCC(Nc4ccc([N+](=O)[O-])c(C(F)(F)F)c4)CC3)CC2)cc1. The van der Waals surface area contributed by atoms with E-state index in [1.807, 2.05) is 24.3 Å². The molecule has 1 saturated carbocycles. The van der Waals surface area contributed by atoms with Gasteiger partial charge in [-0.15, -0.1) is 0 Å². The highest BCUT2D eigenvalue weighted by molar-refractivity contribution is 5.77. The van der Waals surface area contributed by atoms with Gasteiger partial charge in [-0.3, -0.25) is 14.9 Å². The third kappa shape index (κ3) is 6.85. The van der Waals surface area contributed by atoms with Gasteiger partial charge in [-0.05, 0) is 62.1 Å². The molecule has 0 unspecified atom stereocenters. The van der Waals surface area contributed by atoms with Crippen LogP contribution in [0.15, 0.2) is 42.5 Å². The van der Waals surface area contributed by atoms with Crippen molar-refractivity contribution in [3.05, 3.63) is 58.1 Å². The molecule has 0 radical (unpaired) electrons. The van der Waals surface area contributed by atoms with E-state index < -0.39 is 22.4 Å². The molecule has 1 heterocycles. The number of nitrogens with zero attached hydrogens (tertiary/aromatic N) is 3. The number of rotatable bonds is 8. The number of carbonyl (C=O) groups excluding carboxylic acids is 1. The Morgan fingerprint density at radius 1 is 1.05 bits per heavy atom. The number of alkyl halides is 3. The summed E-state index contributed by atoms with van der Waals surface area (Å²) in [5.41, 5.74) is -0.959. The molecule has 1 saturated heterocycles. The normalized spacial score (nSPS) is 20.2. The van der Waals surface area contributed by atoms with E-state index in [0.29, 0.717) is 38.8 Å². The molecule has 0 bridgehead atoms. The molecule has 0 atom stereocenters. The third-order valence-electron chi connectivity index (χ3n) is 7.06. The Hall–Kier alpha value is -3.54. The summed E-state index contributed by atoms with van der Waals surface area (Å²) in [6, 6.07) is 10.7. The van der Waals surface area contributed by atoms with E-state index in [1.54, 1.807) is 12.0 Å². The van der Waals surface area contributed by atoms with Crippen LogP contribution in [0.4, 0.5) is 30.2 Å². The minimum absolute atomic E-state index is 0.00257. The monoisotopic (exact) mass is 536 g/mol. The zero-order valence-corrected chi connectivity index (χ0v) is 21.1. The number of carbonyl (C=O) groups is 1. The van der Waals surface area contributed by atoms with Crippen molar-refractivity contribution in [2.45, 2.75) is 44.0 Å². The summed E-state index contributed by atoms with van der Waals surface area (Å²) in [6.07, 6.45) is -2.29. The molecule has 1 aliphatic heterocycles.